The van der Waals surface area contributed by atoms with Gasteiger partial charge in [-0.15, -0.1) is 0 Å². The number of ketones is 1. The van der Waals surface area contributed by atoms with Gasteiger partial charge in [0.05, 0.1) is 0 Å². The van der Waals surface area contributed by atoms with E-state index in [0.29, 0.717) is 28.0 Å². The number of anilines is 1. The van der Waals surface area contributed by atoms with Crippen LogP contribution in [0.3, 0.4) is 0 Å². The topological polar surface area (TPSA) is 119 Å². The molecule has 0 saturated carbocycles. The second kappa shape index (κ2) is 9.18. The average Bonchev–Trinajstić information content (AvgIpc) is 3.14. The number of fused-ring (bicyclic) bond motifs is 1. The van der Waals surface area contributed by atoms with Crippen LogP contribution < -0.4 is 10.6 Å². The fraction of sp³-hybridized carbons (Fsp3) is 0.167. The van der Waals surface area contributed by atoms with Crippen molar-refractivity contribution in [2.75, 3.05) is 5.32 Å². The summed E-state index contributed by atoms with van der Waals surface area (Å²) in [5.74, 6) is -1.02. The van der Waals surface area contributed by atoms with E-state index in [2.05, 4.69) is 25.7 Å². The third-order valence-electron chi connectivity index (χ3n) is 5.30. The Morgan fingerprint density at radius 2 is 1.68 bits per heavy atom. The van der Waals surface area contributed by atoms with Crippen molar-refractivity contribution in [3.8, 4) is 0 Å². The normalized spacial score (nSPS) is 10.8. The van der Waals surface area contributed by atoms with Crippen molar-refractivity contribution < 1.29 is 18.8 Å². The van der Waals surface area contributed by atoms with Crippen molar-refractivity contribution in [3.63, 3.8) is 0 Å². The predicted octanol–water partition coefficient (Wildman–Crippen LogP) is 3.20. The van der Waals surface area contributed by atoms with Crippen LogP contribution in [0.4, 0.5) is 10.2 Å². The van der Waals surface area contributed by atoms with Crippen molar-refractivity contribution in [2.24, 2.45) is 7.05 Å². The lowest BCUT2D eigenvalue weighted by molar-refractivity contribution is 0.0946. The third kappa shape index (κ3) is 4.51. The Labute approximate surface area is 194 Å². The van der Waals surface area contributed by atoms with Crippen molar-refractivity contribution in [1.29, 1.82) is 0 Å². The van der Waals surface area contributed by atoms with Gasteiger partial charge in [-0.25, -0.2) is 19.0 Å². The van der Waals surface area contributed by atoms with Crippen LogP contribution in [0.5, 0.6) is 0 Å². The Morgan fingerprint density at radius 1 is 0.971 bits per heavy atom. The van der Waals surface area contributed by atoms with E-state index in [9.17, 15) is 18.8 Å². The number of carbonyl (C=O) groups excluding carboxylic acids is 3. The maximum absolute atomic E-state index is 13.5. The summed E-state index contributed by atoms with van der Waals surface area (Å²) in [5, 5.41) is 9.82. The summed E-state index contributed by atoms with van der Waals surface area (Å²) in [6.07, 6.45) is 1.22. The molecule has 34 heavy (non-hydrogen) atoms. The van der Waals surface area contributed by atoms with E-state index in [-0.39, 0.29) is 29.4 Å². The van der Waals surface area contributed by atoms with Gasteiger partial charge in [-0.3, -0.25) is 14.4 Å². The molecule has 2 N–H and O–H groups in total. The zero-order valence-electron chi connectivity index (χ0n) is 18.7. The van der Waals surface area contributed by atoms with Crippen LogP contribution >= 0.6 is 0 Å². The highest BCUT2D eigenvalue weighted by Gasteiger charge is 2.21. The lowest BCUT2D eigenvalue weighted by Gasteiger charge is -2.07. The number of amides is 2. The van der Waals surface area contributed by atoms with Crippen LogP contribution in [-0.4, -0.2) is 37.3 Å². The highest BCUT2D eigenvalue weighted by Crippen LogP contribution is 2.23. The minimum atomic E-state index is -0.481. The van der Waals surface area contributed by atoms with Crippen LogP contribution in [0.15, 0.2) is 48.8 Å². The van der Waals surface area contributed by atoms with Crippen LogP contribution in [-0.2, 0) is 13.6 Å². The van der Waals surface area contributed by atoms with Crippen molar-refractivity contribution >= 4 is 34.4 Å². The molecular weight excluding hydrogens is 439 g/mol. The first-order valence-corrected chi connectivity index (χ1v) is 10.4. The summed E-state index contributed by atoms with van der Waals surface area (Å²) in [5.41, 5.74) is 2.64. The molecule has 0 saturated heterocycles. The Balaban J connectivity index is 1.55. The molecule has 2 amide bonds. The summed E-state index contributed by atoms with van der Waals surface area (Å²) in [6, 6.07) is 10.8. The number of aryl methyl sites for hydroxylation is 2. The van der Waals surface area contributed by atoms with Crippen molar-refractivity contribution in [3.05, 3.63) is 82.6 Å². The number of Topliss-reactive ketones (excluding diaryl/α,β-unsaturated/α-hetero) is 1. The molecule has 2 aromatic carbocycles. The quantitative estimate of drug-likeness (QED) is 0.427. The molecule has 0 bridgehead atoms. The SMILES string of the molecule is CC(=O)c1ccc(C(=O)Nc2c3ncnc(C(=O)NCc4ccc(F)c(C)c4)c3nn2C)cc1. The van der Waals surface area contributed by atoms with E-state index in [1.807, 2.05) is 0 Å². The molecule has 0 aliphatic rings. The van der Waals surface area contributed by atoms with Gasteiger partial charge in [-0.05, 0) is 43.2 Å². The lowest BCUT2D eigenvalue weighted by atomic mass is 10.1. The van der Waals surface area contributed by atoms with E-state index in [1.165, 1.54) is 24.0 Å². The van der Waals surface area contributed by atoms with Crippen LogP contribution in [0, 0.1) is 12.7 Å². The van der Waals surface area contributed by atoms with Gasteiger partial charge in [0.1, 0.15) is 23.2 Å². The number of nitrogens with zero attached hydrogens (tertiary/aromatic N) is 4. The number of carbonyl (C=O) groups is 3. The summed E-state index contributed by atoms with van der Waals surface area (Å²) < 4.78 is 14.9. The Bertz CT molecular complexity index is 1430. The molecule has 0 aliphatic heterocycles. The molecule has 4 rings (SSSR count). The minimum Gasteiger partial charge on any atom is -0.347 e. The summed E-state index contributed by atoms with van der Waals surface area (Å²) in [6.45, 7) is 3.28. The maximum Gasteiger partial charge on any atom is 0.272 e. The highest BCUT2D eigenvalue weighted by molar-refractivity contribution is 6.10. The van der Waals surface area contributed by atoms with E-state index in [4.69, 9.17) is 0 Å². The third-order valence-corrected chi connectivity index (χ3v) is 5.30. The Kier molecular flexibility index (Phi) is 6.13. The molecule has 172 valence electrons. The molecule has 4 aromatic rings. The number of rotatable bonds is 6. The molecule has 10 heteroatoms. The fourth-order valence-electron chi connectivity index (χ4n) is 3.43. The molecule has 0 unspecified atom stereocenters. The van der Waals surface area contributed by atoms with Gasteiger partial charge in [0, 0.05) is 24.7 Å². The number of nitrogens with one attached hydrogen (secondary N) is 2. The molecule has 0 spiro atoms. The minimum absolute atomic E-state index is 0.0470. The first-order chi connectivity index (χ1) is 16.2. The monoisotopic (exact) mass is 460 g/mol. The van der Waals surface area contributed by atoms with Gasteiger partial charge in [-0.1, -0.05) is 24.3 Å². The number of halogens is 1. The molecule has 0 atom stereocenters. The highest BCUT2D eigenvalue weighted by atomic mass is 19.1. The molecule has 0 fully saturated rings. The van der Waals surface area contributed by atoms with Crippen molar-refractivity contribution in [2.45, 2.75) is 20.4 Å². The molecule has 0 aliphatic carbocycles. The second-order valence-corrected chi connectivity index (χ2v) is 7.75. The zero-order valence-corrected chi connectivity index (χ0v) is 18.7. The number of hydrogen-bond acceptors (Lipinski definition) is 6. The van der Waals surface area contributed by atoms with Crippen molar-refractivity contribution in [1.82, 2.24) is 25.1 Å². The predicted molar refractivity (Wildman–Crippen MR) is 123 cm³/mol. The van der Waals surface area contributed by atoms with E-state index in [1.54, 1.807) is 50.4 Å². The van der Waals surface area contributed by atoms with E-state index < -0.39 is 11.8 Å². The summed E-state index contributed by atoms with van der Waals surface area (Å²) in [7, 11) is 1.61. The largest absolute Gasteiger partial charge is 0.347 e. The standard InChI is InChI=1S/C24H21FN6O3/c1-13-10-15(4-9-18(13)25)11-26-24(34)21-19-20(27-12-28-21)22(31(3)30-19)29-23(33)17-7-5-16(6-8-17)14(2)32/h4-10,12H,11H2,1-3H3,(H,26,34)(H,29,33). The number of hydrogen-bond donors (Lipinski definition) is 2. The number of aromatic nitrogens is 4. The Hall–Kier alpha value is -4.47. The van der Waals surface area contributed by atoms with E-state index >= 15 is 0 Å². The lowest BCUT2D eigenvalue weighted by Crippen LogP contribution is -2.24. The summed E-state index contributed by atoms with van der Waals surface area (Å²) >= 11 is 0. The van der Waals surface area contributed by atoms with Crippen LogP contribution in [0.25, 0.3) is 11.0 Å². The molecule has 0 radical (unpaired) electrons. The van der Waals surface area contributed by atoms with Crippen LogP contribution in [0.1, 0.15) is 49.3 Å². The van der Waals surface area contributed by atoms with Gasteiger partial charge in [0.25, 0.3) is 11.8 Å². The maximum atomic E-state index is 13.5. The van der Waals surface area contributed by atoms with Gasteiger partial charge < -0.3 is 10.6 Å². The average molecular weight is 460 g/mol. The van der Waals surface area contributed by atoms with E-state index in [0.717, 1.165) is 5.56 Å². The van der Waals surface area contributed by atoms with Gasteiger partial charge in [0.2, 0.25) is 0 Å². The first kappa shape index (κ1) is 22.7. The molecular formula is C24H21FN6O3. The first-order valence-electron chi connectivity index (χ1n) is 10.4. The molecule has 2 aromatic heterocycles. The molecule has 2 heterocycles. The summed E-state index contributed by atoms with van der Waals surface area (Å²) in [4.78, 5) is 45.2. The van der Waals surface area contributed by atoms with Gasteiger partial charge in [0.15, 0.2) is 17.3 Å². The Morgan fingerprint density at radius 3 is 2.35 bits per heavy atom. The van der Waals surface area contributed by atoms with Gasteiger partial charge >= 0.3 is 0 Å². The zero-order chi connectivity index (χ0) is 24.4. The van der Waals surface area contributed by atoms with Gasteiger partial charge in [-0.2, -0.15) is 5.10 Å². The molecule has 9 nitrogen and oxygen atoms in total. The fourth-order valence-corrected chi connectivity index (χ4v) is 3.43. The van der Waals surface area contributed by atoms with Crippen LogP contribution in [0.2, 0.25) is 0 Å². The smallest absolute Gasteiger partial charge is 0.272 e. The second-order valence-electron chi connectivity index (χ2n) is 7.75. The number of benzene rings is 2.